The maximum Gasteiger partial charge on any atom is 0.259 e. The number of carbonyl (C=O) groups excluding carboxylic acids is 2. The minimum absolute atomic E-state index is 0.00215. The summed E-state index contributed by atoms with van der Waals surface area (Å²) < 4.78 is 26.8. The maximum absolute atomic E-state index is 15.2. The number of hydrogen-bond donors (Lipinski definition) is 7. The van der Waals surface area contributed by atoms with Crippen LogP contribution in [0.2, 0.25) is 0 Å². The largest absolute Gasteiger partial charge is 0.464 e. The molecule has 0 radical (unpaired) electrons. The van der Waals surface area contributed by atoms with E-state index in [9.17, 15) is 30.0 Å². The second-order valence-corrected chi connectivity index (χ2v) is 9.32. The zero-order valence-electron chi connectivity index (χ0n) is 21.3. The van der Waals surface area contributed by atoms with E-state index in [-0.39, 0.29) is 17.7 Å². The number of aliphatic hydroxyl groups is 4. The number of nitrogens with two attached hydrogens (primary N) is 1. The first-order chi connectivity index (χ1) is 17.6. The van der Waals surface area contributed by atoms with Crippen LogP contribution in [-0.2, 0) is 14.3 Å². The van der Waals surface area contributed by atoms with Gasteiger partial charge in [-0.05, 0) is 38.4 Å². The maximum atomic E-state index is 15.2. The molecule has 1 aromatic carbocycles. The number of hydrogen-bond acceptors (Lipinski definition) is 9. The van der Waals surface area contributed by atoms with Gasteiger partial charge in [0.05, 0.1) is 18.8 Å². The minimum Gasteiger partial charge on any atom is -0.464 e. The Morgan fingerprint density at radius 2 is 1.95 bits per heavy atom. The van der Waals surface area contributed by atoms with Gasteiger partial charge in [-0.25, -0.2) is 4.39 Å². The molecular weight excluding hydrogens is 489 g/mol. The van der Waals surface area contributed by atoms with E-state index in [1.165, 1.54) is 19.1 Å². The quantitative estimate of drug-likeness (QED) is 0.159. The summed E-state index contributed by atoms with van der Waals surface area (Å²) in [6, 6.07) is 3.50. The van der Waals surface area contributed by atoms with Crippen LogP contribution in [0.3, 0.4) is 0 Å². The first-order valence-electron chi connectivity index (χ1n) is 12.6. The third-order valence-corrected chi connectivity index (χ3v) is 6.16. The third-order valence-electron chi connectivity index (χ3n) is 6.16. The monoisotopic (exact) mass is 529 g/mol. The van der Waals surface area contributed by atoms with E-state index in [2.05, 4.69) is 10.6 Å². The average molecular weight is 530 g/mol. The van der Waals surface area contributed by atoms with E-state index in [1.807, 2.05) is 0 Å². The summed E-state index contributed by atoms with van der Waals surface area (Å²) in [5.74, 6) is -1.32. The van der Waals surface area contributed by atoms with Gasteiger partial charge in [-0.15, -0.1) is 0 Å². The molecule has 2 amide bonds. The molecule has 210 valence electrons. The van der Waals surface area contributed by atoms with Crippen molar-refractivity contribution in [3.63, 3.8) is 0 Å². The third kappa shape index (κ3) is 9.16. The summed E-state index contributed by atoms with van der Waals surface area (Å²) in [6.07, 6.45) is -5.92. The highest BCUT2D eigenvalue weighted by Crippen LogP contribution is 2.33. The lowest BCUT2D eigenvalue weighted by molar-refractivity contribution is -0.227. The van der Waals surface area contributed by atoms with Crippen LogP contribution in [0.25, 0.3) is 0 Å². The summed E-state index contributed by atoms with van der Waals surface area (Å²) in [6.45, 7) is 3.08. The van der Waals surface area contributed by atoms with Crippen molar-refractivity contribution in [2.24, 2.45) is 5.73 Å². The molecule has 0 spiro atoms. The zero-order valence-corrected chi connectivity index (χ0v) is 21.3. The summed E-state index contributed by atoms with van der Waals surface area (Å²) in [7, 11) is 0. The molecule has 0 aliphatic carbocycles. The van der Waals surface area contributed by atoms with Gasteiger partial charge in [0.2, 0.25) is 18.4 Å². The Morgan fingerprint density at radius 3 is 2.59 bits per heavy atom. The highest BCUT2D eigenvalue weighted by molar-refractivity contribution is 5.82. The normalized spacial score (nSPS) is 24.1. The van der Waals surface area contributed by atoms with Crippen LogP contribution in [0.4, 0.5) is 4.39 Å². The first kappa shape index (κ1) is 30.9. The first-order valence-corrected chi connectivity index (χ1v) is 12.6. The number of aliphatic hydroxyl groups excluding tert-OH is 4. The Bertz CT molecular complexity index is 876. The van der Waals surface area contributed by atoms with Crippen molar-refractivity contribution in [3.05, 3.63) is 29.3 Å². The molecule has 0 bridgehead atoms. The lowest BCUT2D eigenvalue weighted by Gasteiger charge is -2.42. The molecule has 2 rings (SSSR count). The molecule has 7 unspecified atom stereocenters. The van der Waals surface area contributed by atoms with Crippen LogP contribution in [0.1, 0.15) is 56.3 Å². The Kier molecular flexibility index (Phi) is 12.6. The Balaban J connectivity index is 2.15. The molecule has 1 heterocycles. The zero-order chi connectivity index (χ0) is 27.5. The van der Waals surface area contributed by atoms with Crippen LogP contribution < -0.4 is 21.1 Å². The standard InChI is InChI=1S/C25H40FN3O8/c1-14-7-8-19(16(11-14)21(26)25(35)28-10-6-4-3-5-9-27)36-20-12-17(32)22(29-15(2)31)24(37-20)23(34)18(33)13-30/h7-8,11,17-18,20-24,30,32-34H,3-6,9-10,12-13,27H2,1-2H3,(H,28,35)(H,29,31). The van der Waals surface area contributed by atoms with Gasteiger partial charge >= 0.3 is 0 Å². The number of nitrogens with one attached hydrogen (secondary N) is 2. The van der Waals surface area contributed by atoms with Crippen molar-refractivity contribution >= 4 is 11.8 Å². The van der Waals surface area contributed by atoms with Crippen LogP contribution in [-0.4, -0.2) is 88.7 Å². The van der Waals surface area contributed by atoms with Crippen LogP contribution in [0.15, 0.2) is 18.2 Å². The lowest BCUT2D eigenvalue weighted by Crippen LogP contribution is -2.63. The number of unbranched alkanes of at least 4 members (excludes halogenated alkanes) is 3. The predicted octanol–water partition coefficient (Wildman–Crippen LogP) is -0.286. The molecule has 12 heteroatoms. The molecule has 1 aliphatic rings. The van der Waals surface area contributed by atoms with Crippen LogP contribution in [0.5, 0.6) is 5.75 Å². The van der Waals surface area contributed by atoms with Gasteiger partial charge in [0.15, 0.2) is 0 Å². The number of aryl methyl sites for hydroxylation is 1. The molecule has 1 aliphatic heterocycles. The van der Waals surface area contributed by atoms with E-state index in [0.717, 1.165) is 19.3 Å². The molecule has 1 fully saturated rings. The van der Waals surface area contributed by atoms with Crippen LogP contribution in [0, 0.1) is 6.92 Å². The molecular formula is C25H40FN3O8. The van der Waals surface area contributed by atoms with Gasteiger partial charge < -0.3 is 46.3 Å². The van der Waals surface area contributed by atoms with E-state index >= 15 is 4.39 Å². The van der Waals surface area contributed by atoms with Crippen LogP contribution >= 0.6 is 0 Å². The predicted molar refractivity (Wildman–Crippen MR) is 132 cm³/mol. The van der Waals surface area contributed by atoms with Gasteiger partial charge in [-0.1, -0.05) is 24.5 Å². The van der Waals surface area contributed by atoms with Gasteiger partial charge in [0, 0.05) is 25.5 Å². The second-order valence-electron chi connectivity index (χ2n) is 9.32. The summed E-state index contributed by atoms with van der Waals surface area (Å²) in [5.41, 5.74) is 6.12. The fraction of sp³-hybridized carbons (Fsp3) is 0.680. The molecule has 1 saturated heterocycles. The summed E-state index contributed by atoms with van der Waals surface area (Å²) >= 11 is 0. The number of benzene rings is 1. The minimum atomic E-state index is -2.03. The number of rotatable bonds is 14. The number of ether oxygens (including phenoxy) is 2. The highest BCUT2D eigenvalue weighted by Gasteiger charge is 2.45. The molecule has 11 nitrogen and oxygen atoms in total. The topological polar surface area (TPSA) is 184 Å². The van der Waals surface area contributed by atoms with Crippen molar-refractivity contribution in [2.75, 3.05) is 19.7 Å². The van der Waals surface area contributed by atoms with Gasteiger partial charge in [0.1, 0.15) is 24.1 Å². The smallest absolute Gasteiger partial charge is 0.259 e. The van der Waals surface area contributed by atoms with E-state index < -0.39 is 61.3 Å². The molecule has 37 heavy (non-hydrogen) atoms. The Hall–Kier alpha value is -2.35. The fourth-order valence-corrected chi connectivity index (χ4v) is 4.17. The molecule has 0 saturated carbocycles. The number of carbonyl (C=O) groups is 2. The van der Waals surface area contributed by atoms with Crippen molar-refractivity contribution in [1.82, 2.24) is 10.6 Å². The summed E-state index contributed by atoms with van der Waals surface area (Å²) in [5, 5.41) is 45.3. The van der Waals surface area contributed by atoms with Crippen molar-refractivity contribution in [2.45, 2.75) is 88.9 Å². The molecule has 7 atom stereocenters. The van der Waals surface area contributed by atoms with Gasteiger partial charge in [0.25, 0.3) is 5.91 Å². The van der Waals surface area contributed by atoms with Gasteiger partial charge in [-0.2, -0.15) is 0 Å². The Morgan fingerprint density at radius 1 is 1.24 bits per heavy atom. The number of amides is 2. The summed E-state index contributed by atoms with van der Waals surface area (Å²) in [4.78, 5) is 24.1. The lowest BCUT2D eigenvalue weighted by atomic mass is 9.92. The second kappa shape index (κ2) is 15.2. The van der Waals surface area contributed by atoms with E-state index in [0.29, 0.717) is 25.1 Å². The number of halogens is 1. The molecule has 1 aromatic rings. The average Bonchev–Trinajstić information content (AvgIpc) is 2.86. The number of alkyl halides is 1. The van der Waals surface area contributed by atoms with Crippen molar-refractivity contribution < 1.29 is 43.9 Å². The van der Waals surface area contributed by atoms with E-state index in [1.54, 1.807) is 13.0 Å². The molecule has 0 aromatic heterocycles. The molecule has 8 N–H and O–H groups in total. The van der Waals surface area contributed by atoms with E-state index in [4.69, 9.17) is 15.2 Å². The van der Waals surface area contributed by atoms with Crippen molar-refractivity contribution in [3.8, 4) is 5.75 Å². The fourth-order valence-electron chi connectivity index (χ4n) is 4.17. The highest BCUT2D eigenvalue weighted by atomic mass is 19.1. The Labute approximate surface area is 216 Å². The van der Waals surface area contributed by atoms with Gasteiger partial charge in [-0.3, -0.25) is 9.59 Å². The van der Waals surface area contributed by atoms with Crippen molar-refractivity contribution in [1.29, 1.82) is 0 Å². The SMILES string of the molecule is CC(=O)NC1C(O)CC(Oc2ccc(C)cc2C(F)C(=O)NCCCCCCN)OC1C(O)C(O)CO.